The first kappa shape index (κ1) is 28.8. The van der Waals surface area contributed by atoms with Crippen LogP contribution < -0.4 is 0 Å². The number of nitrogens with zero attached hydrogens (tertiary/aromatic N) is 4. The minimum atomic E-state index is 0.824. The number of hydrogen-bond donors (Lipinski definition) is 0. The molecule has 0 bridgehead atoms. The fourth-order valence-corrected chi connectivity index (χ4v) is 8.21. The van der Waals surface area contributed by atoms with Gasteiger partial charge in [0, 0.05) is 38.2 Å². The van der Waals surface area contributed by atoms with Gasteiger partial charge in [-0.15, -0.1) is 0 Å². The highest BCUT2D eigenvalue weighted by molar-refractivity contribution is 6.22. The molecule has 242 valence electrons. The molecule has 0 N–H and O–H groups in total. The molecule has 0 saturated heterocycles. The molecule has 0 spiro atoms. The maximum atomic E-state index is 5.30. The topological polar surface area (TPSA) is 35.6 Å². The molecule has 4 heteroatoms. The van der Waals surface area contributed by atoms with Crippen LogP contribution in [0.15, 0.2) is 182 Å². The van der Waals surface area contributed by atoms with Crippen LogP contribution in [0.1, 0.15) is 0 Å². The van der Waals surface area contributed by atoms with E-state index in [4.69, 9.17) is 9.97 Å². The molecule has 0 radical (unpaired) electrons. The Morgan fingerprint density at radius 3 is 1.65 bits per heavy atom. The first-order valence-electron chi connectivity index (χ1n) is 17.7. The third kappa shape index (κ3) is 4.21. The van der Waals surface area contributed by atoms with Crippen molar-refractivity contribution in [2.24, 2.45) is 0 Å². The molecule has 52 heavy (non-hydrogen) atoms. The summed E-state index contributed by atoms with van der Waals surface area (Å²) in [4.78, 5) is 10.5. The van der Waals surface area contributed by atoms with E-state index >= 15 is 0 Å². The molecule has 0 aliphatic carbocycles. The maximum absolute atomic E-state index is 5.30. The molecule has 3 heterocycles. The Labute approximate surface area is 299 Å². The second-order valence-electron chi connectivity index (χ2n) is 13.4. The standard InChI is InChI=1S/C48H30N4/c1-3-15-31(16-4-1)46-48(50-42-24-12-11-23-41(42)49-46)52-44-26-14-9-20-35(44)39-29-32(27-28-45(39)52)38-30-40-36-21-10-13-25-43(36)51(33-17-5-2-6-18-33)47(40)37-22-8-7-19-34(37)38/h1-30H. The Morgan fingerprint density at radius 2 is 0.904 bits per heavy atom. The van der Waals surface area contributed by atoms with E-state index in [2.05, 4.69) is 161 Å². The number of fused-ring (bicyclic) bond motifs is 9. The number of hydrogen-bond acceptors (Lipinski definition) is 2. The second-order valence-corrected chi connectivity index (χ2v) is 13.4. The van der Waals surface area contributed by atoms with Crippen molar-refractivity contribution in [3.8, 4) is 33.9 Å². The van der Waals surface area contributed by atoms with Crippen molar-refractivity contribution in [3.05, 3.63) is 182 Å². The average molecular weight is 663 g/mol. The van der Waals surface area contributed by atoms with Gasteiger partial charge in [-0.2, -0.15) is 0 Å². The fraction of sp³-hybridized carbons (Fsp3) is 0. The van der Waals surface area contributed by atoms with Crippen LogP contribution in [0.5, 0.6) is 0 Å². The van der Waals surface area contributed by atoms with E-state index in [9.17, 15) is 0 Å². The first-order chi connectivity index (χ1) is 25.8. The quantitative estimate of drug-likeness (QED) is 0.188. The zero-order chi connectivity index (χ0) is 34.2. The highest BCUT2D eigenvalue weighted by Crippen LogP contribution is 2.43. The normalized spacial score (nSPS) is 11.8. The third-order valence-electron chi connectivity index (χ3n) is 10.5. The van der Waals surface area contributed by atoms with Crippen molar-refractivity contribution in [3.63, 3.8) is 0 Å². The largest absolute Gasteiger partial charge is 0.309 e. The molecule has 0 amide bonds. The van der Waals surface area contributed by atoms with Gasteiger partial charge in [0.1, 0.15) is 5.69 Å². The van der Waals surface area contributed by atoms with Crippen LogP contribution in [0.3, 0.4) is 0 Å². The zero-order valence-corrected chi connectivity index (χ0v) is 28.1. The van der Waals surface area contributed by atoms with Gasteiger partial charge in [0.05, 0.1) is 33.1 Å². The van der Waals surface area contributed by atoms with Gasteiger partial charge >= 0.3 is 0 Å². The van der Waals surface area contributed by atoms with Crippen molar-refractivity contribution < 1.29 is 0 Å². The number of rotatable bonds is 4. The van der Waals surface area contributed by atoms with Crippen LogP contribution >= 0.6 is 0 Å². The summed E-state index contributed by atoms with van der Waals surface area (Å²) in [5, 5.41) is 7.31. The molecule has 0 atom stereocenters. The third-order valence-corrected chi connectivity index (χ3v) is 10.5. The van der Waals surface area contributed by atoms with Gasteiger partial charge in [-0.05, 0) is 71.1 Å². The lowest BCUT2D eigenvalue weighted by Gasteiger charge is -2.14. The molecule has 11 rings (SSSR count). The van der Waals surface area contributed by atoms with Crippen LogP contribution in [-0.4, -0.2) is 19.1 Å². The summed E-state index contributed by atoms with van der Waals surface area (Å²) in [6.45, 7) is 0. The van der Waals surface area contributed by atoms with Crippen molar-refractivity contribution in [1.82, 2.24) is 19.1 Å². The van der Waals surface area contributed by atoms with Gasteiger partial charge in [-0.3, -0.25) is 4.57 Å². The van der Waals surface area contributed by atoms with Crippen molar-refractivity contribution in [2.45, 2.75) is 0 Å². The second kappa shape index (κ2) is 11.2. The van der Waals surface area contributed by atoms with Gasteiger partial charge in [0.25, 0.3) is 0 Å². The summed E-state index contributed by atoms with van der Waals surface area (Å²) >= 11 is 0. The summed E-state index contributed by atoms with van der Waals surface area (Å²) in [7, 11) is 0. The van der Waals surface area contributed by atoms with E-state index in [1.807, 2.05) is 30.3 Å². The van der Waals surface area contributed by atoms with Crippen LogP contribution in [0.4, 0.5) is 0 Å². The van der Waals surface area contributed by atoms with Gasteiger partial charge in [0.2, 0.25) is 0 Å². The molecular weight excluding hydrogens is 633 g/mol. The van der Waals surface area contributed by atoms with Crippen LogP contribution in [0, 0.1) is 0 Å². The van der Waals surface area contributed by atoms with E-state index in [1.54, 1.807) is 0 Å². The Morgan fingerprint density at radius 1 is 0.346 bits per heavy atom. The smallest absolute Gasteiger partial charge is 0.165 e. The van der Waals surface area contributed by atoms with Crippen molar-refractivity contribution >= 4 is 65.4 Å². The lowest BCUT2D eigenvalue weighted by molar-refractivity contribution is 1.08. The van der Waals surface area contributed by atoms with Crippen molar-refractivity contribution in [2.75, 3.05) is 0 Å². The minimum Gasteiger partial charge on any atom is -0.309 e. The molecule has 0 aliphatic rings. The van der Waals surface area contributed by atoms with Gasteiger partial charge in [-0.1, -0.05) is 127 Å². The molecular formula is C48H30N4. The average Bonchev–Trinajstić information content (AvgIpc) is 3.73. The summed E-state index contributed by atoms with van der Waals surface area (Å²) in [5.74, 6) is 0.824. The summed E-state index contributed by atoms with van der Waals surface area (Å²) in [6.07, 6.45) is 0. The van der Waals surface area contributed by atoms with Crippen molar-refractivity contribution in [1.29, 1.82) is 0 Å². The molecule has 0 fully saturated rings. The SMILES string of the molecule is c1ccc(-c2nc3ccccc3nc2-n2c3ccccc3c3cc(-c4cc5c6ccccc6n(-c6ccccc6)c5c5ccccc45)ccc32)cc1. The van der Waals surface area contributed by atoms with Crippen LogP contribution in [0.2, 0.25) is 0 Å². The van der Waals surface area contributed by atoms with Gasteiger partial charge < -0.3 is 4.57 Å². The molecule has 4 nitrogen and oxygen atoms in total. The van der Waals surface area contributed by atoms with Gasteiger partial charge in [-0.25, -0.2) is 9.97 Å². The summed E-state index contributed by atoms with van der Waals surface area (Å²) < 4.78 is 4.72. The maximum Gasteiger partial charge on any atom is 0.165 e. The molecule has 0 unspecified atom stereocenters. The number of para-hydroxylation sites is 5. The van der Waals surface area contributed by atoms with Crippen LogP contribution in [0.25, 0.3) is 99.3 Å². The zero-order valence-electron chi connectivity index (χ0n) is 28.1. The molecule has 3 aromatic heterocycles. The van der Waals surface area contributed by atoms with Gasteiger partial charge in [0.15, 0.2) is 5.82 Å². The van der Waals surface area contributed by atoms with Crippen LogP contribution in [-0.2, 0) is 0 Å². The van der Waals surface area contributed by atoms with E-state index in [0.29, 0.717) is 0 Å². The van der Waals surface area contributed by atoms with E-state index in [1.165, 1.54) is 54.5 Å². The Kier molecular flexibility index (Phi) is 6.22. The first-order valence-corrected chi connectivity index (χ1v) is 17.7. The Balaban J connectivity index is 1.20. The highest BCUT2D eigenvalue weighted by Gasteiger charge is 2.21. The Bertz CT molecular complexity index is 3170. The summed E-state index contributed by atoms with van der Waals surface area (Å²) in [6, 6.07) is 64.8. The highest BCUT2D eigenvalue weighted by atomic mass is 15.1. The van der Waals surface area contributed by atoms with E-state index in [0.717, 1.165) is 44.8 Å². The van der Waals surface area contributed by atoms with E-state index < -0.39 is 0 Å². The number of aromatic nitrogens is 4. The van der Waals surface area contributed by atoms with E-state index in [-0.39, 0.29) is 0 Å². The lowest BCUT2D eigenvalue weighted by atomic mass is 9.94. The monoisotopic (exact) mass is 662 g/mol. The molecule has 0 aliphatic heterocycles. The molecule has 11 aromatic rings. The lowest BCUT2D eigenvalue weighted by Crippen LogP contribution is -2.03. The Hall–Kier alpha value is -7.04. The summed E-state index contributed by atoms with van der Waals surface area (Å²) in [5.41, 5.74) is 11.8. The fourth-order valence-electron chi connectivity index (χ4n) is 8.21. The predicted octanol–water partition coefficient (Wildman–Crippen LogP) is 12.3. The minimum absolute atomic E-state index is 0.824. The predicted molar refractivity (Wildman–Crippen MR) is 217 cm³/mol. The molecule has 8 aromatic carbocycles. The number of benzene rings is 8. The molecule has 0 saturated carbocycles.